The van der Waals surface area contributed by atoms with Crippen LogP contribution in [0.15, 0.2) is 0 Å². The molecule has 20 heavy (non-hydrogen) atoms. The van der Waals surface area contributed by atoms with Gasteiger partial charge in [0.1, 0.15) is 5.54 Å². The van der Waals surface area contributed by atoms with Crippen LogP contribution in [0.4, 0.5) is 0 Å². The molecule has 0 spiro atoms. The summed E-state index contributed by atoms with van der Waals surface area (Å²) in [7, 11) is 0. The lowest BCUT2D eigenvalue weighted by atomic mass is 9.65. The van der Waals surface area contributed by atoms with E-state index >= 15 is 0 Å². The molecule has 2 aliphatic carbocycles. The molecule has 0 radical (unpaired) electrons. The van der Waals surface area contributed by atoms with Gasteiger partial charge >= 0.3 is 0 Å². The molecule has 0 aromatic heterocycles. The molecule has 1 N–H and O–H groups in total. The van der Waals surface area contributed by atoms with Gasteiger partial charge in [-0.3, -0.25) is 5.32 Å². The predicted octanol–water partition coefficient (Wildman–Crippen LogP) is 4.80. The first kappa shape index (κ1) is 15.8. The first-order valence-corrected chi connectivity index (χ1v) is 8.70. The summed E-state index contributed by atoms with van der Waals surface area (Å²) in [6, 6.07) is 3.24. The minimum Gasteiger partial charge on any atom is -0.297 e. The maximum Gasteiger partial charge on any atom is 0.107 e. The summed E-state index contributed by atoms with van der Waals surface area (Å²) >= 11 is 0. The fourth-order valence-electron chi connectivity index (χ4n) is 4.11. The third-order valence-electron chi connectivity index (χ3n) is 6.16. The van der Waals surface area contributed by atoms with E-state index in [4.69, 9.17) is 0 Å². The Balaban J connectivity index is 1.92. The summed E-state index contributed by atoms with van der Waals surface area (Å²) in [5.41, 5.74) is 0.217. The standard InChI is InChI=1S/C18H32N2/c1-4-17(2,3)15-10-12-18(14-19,13-11-15)20-16-8-6-5-7-9-16/h15-16,20H,4-13H2,1-3H3. The lowest BCUT2D eigenvalue weighted by Gasteiger charge is -2.44. The zero-order chi connectivity index (χ0) is 14.6. The number of hydrogen-bond acceptors (Lipinski definition) is 2. The zero-order valence-corrected chi connectivity index (χ0v) is 13.7. The van der Waals surface area contributed by atoms with Crippen LogP contribution in [0.1, 0.15) is 85.0 Å². The van der Waals surface area contributed by atoms with Crippen LogP contribution in [0.25, 0.3) is 0 Å². The second kappa shape index (κ2) is 6.48. The molecule has 0 unspecified atom stereocenters. The molecule has 0 aromatic rings. The van der Waals surface area contributed by atoms with Crippen molar-refractivity contribution in [1.29, 1.82) is 5.26 Å². The number of nitrogens with zero attached hydrogens (tertiary/aromatic N) is 1. The van der Waals surface area contributed by atoms with Gasteiger partial charge in [0.2, 0.25) is 0 Å². The highest BCUT2D eigenvalue weighted by Gasteiger charge is 2.40. The average Bonchev–Trinajstić information content (AvgIpc) is 2.49. The number of rotatable bonds is 4. The Labute approximate surface area is 125 Å². The van der Waals surface area contributed by atoms with Gasteiger partial charge in [-0.1, -0.05) is 46.5 Å². The molecule has 0 bridgehead atoms. The van der Waals surface area contributed by atoms with E-state index in [1.165, 1.54) is 51.4 Å². The third kappa shape index (κ3) is 3.55. The minimum absolute atomic E-state index is 0.220. The molecule has 0 heterocycles. The van der Waals surface area contributed by atoms with Crippen LogP contribution in [0.3, 0.4) is 0 Å². The Kier molecular flexibility index (Phi) is 5.13. The van der Waals surface area contributed by atoms with E-state index in [9.17, 15) is 5.26 Å². The number of nitriles is 1. The summed E-state index contributed by atoms with van der Waals surface area (Å²) in [6.07, 6.45) is 12.4. The van der Waals surface area contributed by atoms with Crippen molar-refractivity contribution in [3.8, 4) is 6.07 Å². The van der Waals surface area contributed by atoms with Crippen LogP contribution in [0.5, 0.6) is 0 Å². The summed E-state index contributed by atoms with van der Waals surface area (Å²) in [6.45, 7) is 7.09. The van der Waals surface area contributed by atoms with Crippen LogP contribution in [-0.2, 0) is 0 Å². The second-order valence-corrected chi connectivity index (χ2v) is 7.79. The van der Waals surface area contributed by atoms with Crippen molar-refractivity contribution < 1.29 is 0 Å². The number of nitrogens with one attached hydrogen (secondary N) is 1. The van der Waals surface area contributed by atoms with Gasteiger partial charge in [-0.25, -0.2) is 0 Å². The van der Waals surface area contributed by atoms with E-state index in [2.05, 4.69) is 32.2 Å². The lowest BCUT2D eigenvalue weighted by Crippen LogP contribution is -2.52. The van der Waals surface area contributed by atoms with E-state index < -0.39 is 0 Å². The van der Waals surface area contributed by atoms with Crippen molar-refractivity contribution >= 4 is 0 Å². The Morgan fingerprint density at radius 1 is 1.10 bits per heavy atom. The average molecular weight is 276 g/mol. The topological polar surface area (TPSA) is 35.8 Å². The van der Waals surface area contributed by atoms with Crippen LogP contribution >= 0.6 is 0 Å². The maximum atomic E-state index is 9.71. The smallest absolute Gasteiger partial charge is 0.107 e. The van der Waals surface area contributed by atoms with Crippen LogP contribution in [0, 0.1) is 22.7 Å². The molecule has 114 valence electrons. The summed E-state index contributed by atoms with van der Waals surface area (Å²) in [5.74, 6) is 0.794. The fraction of sp³-hybridized carbons (Fsp3) is 0.944. The first-order valence-electron chi connectivity index (χ1n) is 8.70. The van der Waals surface area contributed by atoms with Crippen LogP contribution in [0.2, 0.25) is 0 Å². The Morgan fingerprint density at radius 2 is 1.70 bits per heavy atom. The minimum atomic E-state index is -0.220. The SMILES string of the molecule is CCC(C)(C)C1CCC(C#N)(NC2CCCCC2)CC1. The van der Waals surface area contributed by atoms with Crippen LogP contribution in [-0.4, -0.2) is 11.6 Å². The lowest BCUT2D eigenvalue weighted by molar-refractivity contribution is 0.111. The highest BCUT2D eigenvalue weighted by atomic mass is 15.0. The van der Waals surface area contributed by atoms with Crippen molar-refractivity contribution in [2.24, 2.45) is 11.3 Å². The van der Waals surface area contributed by atoms with Gasteiger partial charge < -0.3 is 0 Å². The van der Waals surface area contributed by atoms with Crippen molar-refractivity contribution in [3.05, 3.63) is 0 Å². The molecule has 2 heteroatoms. The quantitative estimate of drug-likeness (QED) is 0.800. The highest BCUT2D eigenvalue weighted by Crippen LogP contribution is 2.43. The van der Waals surface area contributed by atoms with Crippen molar-refractivity contribution in [2.45, 2.75) is 96.6 Å². The monoisotopic (exact) mass is 276 g/mol. The van der Waals surface area contributed by atoms with E-state index in [1.54, 1.807) is 0 Å². The van der Waals surface area contributed by atoms with Crippen molar-refractivity contribution in [3.63, 3.8) is 0 Å². The predicted molar refractivity (Wildman–Crippen MR) is 84.4 cm³/mol. The molecule has 0 saturated heterocycles. The van der Waals surface area contributed by atoms with Crippen molar-refractivity contribution in [2.75, 3.05) is 0 Å². The van der Waals surface area contributed by atoms with Gasteiger partial charge in [-0.2, -0.15) is 5.26 Å². The number of hydrogen-bond donors (Lipinski definition) is 1. The van der Waals surface area contributed by atoms with E-state index in [0.717, 1.165) is 18.8 Å². The normalized spacial score (nSPS) is 32.8. The second-order valence-electron chi connectivity index (χ2n) is 7.79. The van der Waals surface area contributed by atoms with Gasteiger partial charge in [0.05, 0.1) is 6.07 Å². The first-order chi connectivity index (χ1) is 9.51. The Bertz CT molecular complexity index is 339. The van der Waals surface area contributed by atoms with Gasteiger partial charge in [0.15, 0.2) is 0 Å². The van der Waals surface area contributed by atoms with E-state index in [-0.39, 0.29) is 5.54 Å². The molecule has 2 fully saturated rings. The maximum absolute atomic E-state index is 9.71. The van der Waals surface area contributed by atoms with E-state index in [0.29, 0.717) is 11.5 Å². The molecule has 2 saturated carbocycles. The molecule has 2 nitrogen and oxygen atoms in total. The Hall–Kier alpha value is -0.550. The molecular weight excluding hydrogens is 244 g/mol. The summed E-state index contributed by atoms with van der Waals surface area (Å²) < 4.78 is 0. The van der Waals surface area contributed by atoms with Gasteiger partial charge in [0.25, 0.3) is 0 Å². The third-order valence-corrected chi connectivity index (χ3v) is 6.16. The van der Waals surface area contributed by atoms with Gasteiger partial charge in [0, 0.05) is 6.04 Å². The zero-order valence-electron chi connectivity index (χ0n) is 13.7. The van der Waals surface area contributed by atoms with E-state index in [1.807, 2.05) is 0 Å². The molecule has 0 aromatic carbocycles. The highest BCUT2D eigenvalue weighted by molar-refractivity contribution is 5.11. The van der Waals surface area contributed by atoms with Gasteiger partial charge in [-0.15, -0.1) is 0 Å². The van der Waals surface area contributed by atoms with Gasteiger partial charge in [-0.05, 0) is 49.9 Å². The molecule has 2 aliphatic rings. The van der Waals surface area contributed by atoms with Crippen LogP contribution < -0.4 is 5.32 Å². The fourth-order valence-corrected chi connectivity index (χ4v) is 4.11. The molecule has 0 atom stereocenters. The Morgan fingerprint density at radius 3 is 2.20 bits per heavy atom. The molecule has 2 rings (SSSR count). The summed E-state index contributed by atoms with van der Waals surface area (Å²) in [5, 5.41) is 13.5. The molecule has 0 amide bonds. The summed E-state index contributed by atoms with van der Waals surface area (Å²) in [4.78, 5) is 0. The molecule has 0 aliphatic heterocycles. The largest absolute Gasteiger partial charge is 0.297 e. The van der Waals surface area contributed by atoms with Crippen molar-refractivity contribution in [1.82, 2.24) is 5.32 Å². The molecular formula is C18H32N2.